The van der Waals surface area contributed by atoms with Crippen LogP contribution in [0.1, 0.15) is 27.6 Å². The number of amides is 1. The van der Waals surface area contributed by atoms with Crippen molar-refractivity contribution in [1.29, 1.82) is 0 Å². The standard InChI is InChI=1S/C12H12N2O3.C6H9N3O/c1-15-7-11-13-12(14-17-11)9-3-2-8-4-5-16-10(8)6-9;1-4-3-5(6(7)10)9(2)8-4/h2-3,6H,4-5,7H2,1H3;3H,1-2H3,(H2,7,10). The minimum atomic E-state index is -0.442. The molecule has 0 saturated carbocycles. The van der Waals surface area contributed by atoms with Gasteiger partial charge in [0.25, 0.3) is 11.8 Å². The molecule has 1 aliphatic rings. The summed E-state index contributed by atoms with van der Waals surface area (Å²) in [4.78, 5) is 14.8. The molecule has 2 N–H and O–H groups in total. The van der Waals surface area contributed by atoms with E-state index in [1.54, 1.807) is 20.2 Å². The monoisotopic (exact) mass is 371 g/mol. The van der Waals surface area contributed by atoms with E-state index in [1.807, 2.05) is 25.1 Å². The molecule has 3 heterocycles. The molecule has 27 heavy (non-hydrogen) atoms. The van der Waals surface area contributed by atoms with Crippen molar-refractivity contribution in [3.8, 4) is 17.1 Å². The molecule has 1 aliphatic heterocycles. The minimum absolute atomic E-state index is 0.328. The Bertz CT molecular complexity index is 947. The Morgan fingerprint density at radius 1 is 1.37 bits per heavy atom. The van der Waals surface area contributed by atoms with Gasteiger partial charge in [0.15, 0.2) is 0 Å². The van der Waals surface area contributed by atoms with Crippen LogP contribution in [0.4, 0.5) is 0 Å². The third-order valence-corrected chi connectivity index (χ3v) is 3.94. The smallest absolute Gasteiger partial charge is 0.266 e. The van der Waals surface area contributed by atoms with Crippen molar-refractivity contribution in [2.45, 2.75) is 20.0 Å². The van der Waals surface area contributed by atoms with E-state index in [4.69, 9.17) is 19.7 Å². The van der Waals surface area contributed by atoms with E-state index >= 15 is 0 Å². The number of hydrogen-bond donors (Lipinski definition) is 1. The second-order valence-corrected chi connectivity index (χ2v) is 6.02. The number of hydrogen-bond acceptors (Lipinski definition) is 7. The highest BCUT2D eigenvalue weighted by Gasteiger charge is 2.15. The number of ether oxygens (including phenoxy) is 2. The Labute approximate surface area is 156 Å². The highest BCUT2D eigenvalue weighted by molar-refractivity contribution is 5.91. The van der Waals surface area contributed by atoms with Gasteiger partial charge in [-0.05, 0) is 24.6 Å². The summed E-state index contributed by atoms with van der Waals surface area (Å²) in [6, 6.07) is 7.63. The Hall–Kier alpha value is -3.20. The summed E-state index contributed by atoms with van der Waals surface area (Å²) in [6.45, 7) is 2.89. The van der Waals surface area contributed by atoms with Gasteiger partial charge in [0, 0.05) is 26.1 Å². The number of aryl methyl sites for hydroxylation is 2. The van der Waals surface area contributed by atoms with Gasteiger partial charge >= 0.3 is 0 Å². The zero-order valence-electron chi connectivity index (χ0n) is 15.4. The van der Waals surface area contributed by atoms with E-state index in [9.17, 15) is 4.79 Å². The topological polar surface area (TPSA) is 118 Å². The van der Waals surface area contributed by atoms with Crippen LogP contribution in [0.2, 0.25) is 0 Å². The first-order valence-corrected chi connectivity index (χ1v) is 8.36. The van der Waals surface area contributed by atoms with Crippen molar-refractivity contribution in [1.82, 2.24) is 19.9 Å². The van der Waals surface area contributed by atoms with Gasteiger partial charge in [-0.1, -0.05) is 17.3 Å². The summed E-state index contributed by atoms with van der Waals surface area (Å²) in [6.07, 6.45) is 0.969. The first-order chi connectivity index (χ1) is 13.0. The lowest BCUT2D eigenvalue weighted by molar-refractivity contribution is 0.0991. The first kappa shape index (κ1) is 18.6. The van der Waals surface area contributed by atoms with Crippen LogP contribution in [-0.2, 0) is 24.8 Å². The zero-order chi connectivity index (χ0) is 19.4. The van der Waals surface area contributed by atoms with Crippen LogP contribution < -0.4 is 10.5 Å². The molecule has 142 valence electrons. The number of primary amides is 1. The molecule has 0 radical (unpaired) electrons. The Morgan fingerprint density at radius 3 is 2.81 bits per heavy atom. The third-order valence-electron chi connectivity index (χ3n) is 3.94. The van der Waals surface area contributed by atoms with Crippen molar-refractivity contribution in [2.24, 2.45) is 12.8 Å². The number of benzene rings is 1. The van der Waals surface area contributed by atoms with Crippen LogP contribution in [0, 0.1) is 6.92 Å². The van der Waals surface area contributed by atoms with Crippen LogP contribution in [-0.4, -0.2) is 39.5 Å². The second kappa shape index (κ2) is 8.00. The van der Waals surface area contributed by atoms with Crippen molar-refractivity contribution in [3.63, 3.8) is 0 Å². The van der Waals surface area contributed by atoms with E-state index in [0.717, 1.165) is 30.0 Å². The summed E-state index contributed by atoms with van der Waals surface area (Å²) in [5.41, 5.74) is 8.40. The van der Waals surface area contributed by atoms with Crippen molar-refractivity contribution < 1.29 is 18.8 Å². The molecule has 0 bridgehead atoms. The fourth-order valence-corrected chi connectivity index (χ4v) is 2.70. The van der Waals surface area contributed by atoms with Gasteiger partial charge in [0.2, 0.25) is 5.82 Å². The fraction of sp³-hybridized carbons (Fsp3) is 0.333. The van der Waals surface area contributed by atoms with Gasteiger partial charge in [0.05, 0.1) is 12.3 Å². The number of aromatic nitrogens is 4. The average molecular weight is 371 g/mol. The molecule has 4 rings (SSSR count). The number of carbonyl (C=O) groups is 1. The second-order valence-electron chi connectivity index (χ2n) is 6.02. The van der Waals surface area contributed by atoms with Gasteiger partial charge in [-0.25, -0.2) is 0 Å². The summed E-state index contributed by atoms with van der Waals surface area (Å²) in [7, 11) is 3.28. The number of nitrogens with two attached hydrogens (primary N) is 1. The summed E-state index contributed by atoms with van der Waals surface area (Å²) < 4.78 is 17.0. The number of nitrogens with zero attached hydrogens (tertiary/aromatic N) is 4. The molecule has 1 amide bonds. The lowest BCUT2D eigenvalue weighted by Gasteiger charge is -2.00. The molecule has 9 nitrogen and oxygen atoms in total. The molecule has 3 aromatic rings. The highest BCUT2D eigenvalue weighted by atomic mass is 16.5. The lowest BCUT2D eigenvalue weighted by atomic mass is 10.1. The number of fused-ring (bicyclic) bond motifs is 1. The van der Waals surface area contributed by atoms with Crippen molar-refractivity contribution in [2.75, 3.05) is 13.7 Å². The minimum Gasteiger partial charge on any atom is -0.493 e. The van der Waals surface area contributed by atoms with E-state index in [-0.39, 0.29) is 0 Å². The molecule has 2 aromatic heterocycles. The molecule has 0 fully saturated rings. The molecule has 1 aromatic carbocycles. The molecule has 0 aliphatic carbocycles. The van der Waals surface area contributed by atoms with Crippen molar-refractivity contribution in [3.05, 3.63) is 47.1 Å². The van der Waals surface area contributed by atoms with E-state index < -0.39 is 5.91 Å². The molecule has 0 unspecified atom stereocenters. The van der Waals surface area contributed by atoms with Crippen LogP contribution in [0.25, 0.3) is 11.4 Å². The maximum atomic E-state index is 10.6. The summed E-state index contributed by atoms with van der Waals surface area (Å²) in [5, 5.41) is 7.86. The van der Waals surface area contributed by atoms with Gasteiger partial charge in [-0.15, -0.1) is 0 Å². The Balaban J connectivity index is 0.000000180. The largest absolute Gasteiger partial charge is 0.493 e. The number of rotatable bonds is 4. The Morgan fingerprint density at radius 2 is 2.19 bits per heavy atom. The SMILES string of the molecule is COCc1nc(-c2ccc3c(c2)OCC3)no1.Cc1cc(C(N)=O)n(C)n1. The quantitative estimate of drug-likeness (QED) is 0.740. The maximum absolute atomic E-state index is 10.6. The van der Waals surface area contributed by atoms with Gasteiger partial charge in [0.1, 0.15) is 18.1 Å². The van der Waals surface area contributed by atoms with E-state index in [1.165, 1.54) is 10.2 Å². The van der Waals surface area contributed by atoms with Gasteiger partial charge in [-0.3, -0.25) is 9.48 Å². The van der Waals surface area contributed by atoms with Crippen LogP contribution in [0.15, 0.2) is 28.8 Å². The van der Waals surface area contributed by atoms with Gasteiger partial charge < -0.3 is 19.7 Å². The summed E-state index contributed by atoms with van der Waals surface area (Å²) >= 11 is 0. The molecule has 0 spiro atoms. The maximum Gasteiger partial charge on any atom is 0.266 e. The molecule has 9 heteroatoms. The van der Waals surface area contributed by atoms with Crippen LogP contribution >= 0.6 is 0 Å². The van der Waals surface area contributed by atoms with Crippen molar-refractivity contribution >= 4 is 5.91 Å². The zero-order valence-corrected chi connectivity index (χ0v) is 15.4. The Kier molecular flexibility index (Phi) is 5.51. The summed E-state index contributed by atoms with van der Waals surface area (Å²) in [5.74, 6) is 1.52. The van der Waals surface area contributed by atoms with E-state index in [0.29, 0.717) is 24.0 Å². The molecular weight excluding hydrogens is 350 g/mol. The molecule has 0 saturated heterocycles. The lowest BCUT2D eigenvalue weighted by Crippen LogP contribution is -2.15. The predicted molar refractivity (Wildman–Crippen MR) is 96.1 cm³/mol. The normalized spacial score (nSPS) is 12.1. The van der Waals surface area contributed by atoms with Gasteiger partial charge in [-0.2, -0.15) is 10.1 Å². The number of methoxy groups -OCH3 is 1. The predicted octanol–water partition coefficient (Wildman–Crippen LogP) is 1.65. The van der Waals surface area contributed by atoms with Crippen LogP contribution in [0.5, 0.6) is 5.75 Å². The average Bonchev–Trinajstić information content (AvgIpc) is 3.34. The van der Waals surface area contributed by atoms with Crippen LogP contribution in [0.3, 0.4) is 0 Å². The molecular formula is C18H21N5O4. The first-order valence-electron chi connectivity index (χ1n) is 8.36. The highest BCUT2D eigenvalue weighted by Crippen LogP contribution is 2.29. The van der Waals surface area contributed by atoms with E-state index in [2.05, 4.69) is 15.2 Å². The third kappa shape index (κ3) is 4.32. The number of carbonyl (C=O) groups excluding carboxylic acids is 1. The molecule has 0 atom stereocenters. The fourth-order valence-electron chi connectivity index (χ4n) is 2.70.